The second kappa shape index (κ2) is 7.63. The number of anilines is 1. The topological polar surface area (TPSA) is 55.4 Å². The molecule has 0 aliphatic carbocycles. The molecular weight excluding hydrogens is 345 g/mol. The first-order chi connectivity index (χ1) is 10.5. The van der Waals surface area contributed by atoms with Gasteiger partial charge in [0.1, 0.15) is 0 Å². The van der Waals surface area contributed by atoms with Crippen molar-refractivity contribution in [3.8, 4) is 0 Å². The molecule has 0 fully saturated rings. The predicted molar refractivity (Wildman–Crippen MR) is 88.8 cm³/mol. The molecule has 1 amide bonds. The summed E-state index contributed by atoms with van der Waals surface area (Å²) >= 11 is 13.5. The van der Waals surface area contributed by atoms with E-state index >= 15 is 0 Å². The molecule has 2 rings (SSSR count). The summed E-state index contributed by atoms with van der Waals surface area (Å²) in [5.74, 6) is -0.951. The molecule has 22 heavy (non-hydrogen) atoms. The first kappa shape index (κ1) is 16.8. The van der Waals surface area contributed by atoms with Crippen LogP contribution in [0.4, 0.5) is 5.69 Å². The summed E-state index contributed by atoms with van der Waals surface area (Å²) in [6, 6.07) is 7.07. The van der Waals surface area contributed by atoms with Gasteiger partial charge in [-0.1, -0.05) is 35.3 Å². The Morgan fingerprint density at radius 3 is 2.73 bits per heavy atom. The highest BCUT2D eigenvalue weighted by atomic mass is 35.5. The predicted octanol–water partition coefficient (Wildman–Crippen LogP) is 4.09. The second-order valence-electron chi connectivity index (χ2n) is 4.52. The number of thiophene rings is 1. The number of hydrogen-bond acceptors (Lipinski definition) is 4. The quantitative estimate of drug-likeness (QED) is 0.820. The molecule has 0 spiro atoms. The first-order valence-electron chi connectivity index (χ1n) is 6.40. The highest BCUT2D eigenvalue weighted by molar-refractivity contribution is 7.10. The van der Waals surface area contributed by atoms with Crippen molar-refractivity contribution in [2.45, 2.75) is 13.3 Å². The van der Waals surface area contributed by atoms with Crippen molar-refractivity contribution < 1.29 is 14.3 Å². The summed E-state index contributed by atoms with van der Waals surface area (Å²) in [5, 5.41) is 5.12. The lowest BCUT2D eigenvalue weighted by atomic mass is 10.2. The first-order valence-corrected chi connectivity index (χ1v) is 8.03. The van der Waals surface area contributed by atoms with Gasteiger partial charge >= 0.3 is 5.97 Å². The summed E-state index contributed by atoms with van der Waals surface area (Å²) in [4.78, 5) is 24.3. The van der Waals surface area contributed by atoms with Gasteiger partial charge in [0.2, 0.25) is 0 Å². The highest BCUT2D eigenvalue weighted by Gasteiger charge is 2.14. The minimum Gasteiger partial charge on any atom is -0.455 e. The summed E-state index contributed by atoms with van der Waals surface area (Å²) < 4.78 is 4.93. The van der Waals surface area contributed by atoms with Gasteiger partial charge in [0.15, 0.2) is 6.61 Å². The maximum absolute atomic E-state index is 11.8. The van der Waals surface area contributed by atoms with E-state index < -0.39 is 11.9 Å². The molecule has 1 heterocycles. The van der Waals surface area contributed by atoms with E-state index in [1.807, 2.05) is 17.5 Å². The van der Waals surface area contributed by atoms with E-state index in [0.717, 1.165) is 10.4 Å². The smallest absolute Gasteiger partial charge is 0.311 e. The number of carbonyl (C=O) groups is 2. The Morgan fingerprint density at radius 2 is 2.05 bits per heavy atom. The van der Waals surface area contributed by atoms with Gasteiger partial charge in [-0.15, -0.1) is 11.3 Å². The van der Waals surface area contributed by atoms with Gasteiger partial charge in [0, 0.05) is 4.88 Å². The molecule has 0 aliphatic heterocycles. The van der Waals surface area contributed by atoms with Gasteiger partial charge in [0.25, 0.3) is 5.91 Å². The number of halogens is 2. The third-order valence-electron chi connectivity index (χ3n) is 2.81. The number of rotatable bonds is 5. The zero-order valence-electron chi connectivity index (χ0n) is 11.7. The summed E-state index contributed by atoms with van der Waals surface area (Å²) in [6.45, 7) is 1.42. The largest absolute Gasteiger partial charge is 0.455 e. The van der Waals surface area contributed by atoms with Gasteiger partial charge in [0.05, 0.1) is 22.2 Å². The number of ether oxygens (including phenoxy) is 1. The van der Waals surface area contributed by atoms with Crippen LogP contribution >= 0.6 is 34.5 Å². The number of hydrogen-bond donors (Lipinski definition) is 1. The number of benzene rings is 1. The van der Waals surface area contributed by atoms with Crippen LogP contribution in [0.1, 0.15) is 10.4 Å². The lowest BCUT2D eigenvalue weighted by Crippen LogP contribution is -2.22. The van der Waals surface area contributed by atoms with E-state index in [1.165, 1.54) is 11.3 Å². The number of aryl methyl sites for hydroxylation is 1. The van der Waals surface area contributed by atoms with Crippen LogP contribution in [0.5, 0.6) is 0 Å². The Morgan fingerprint density at radius 1 is 1.27 bits per heavy atom. The van der Waals surface area contributed by atoms with Crippen LogP contribution in [0.15, 0.2) is 29.6 Å². The Kier molecular flexibility index (Phi) is 5.83. The molecule has 7 heteroatoms. The minimum atomic E-state index is -0.492. The van der Waals surface area contributed by atoms with Crippen LogP contribution in [-0.4, -0.2) is 18.5 Å². The van der Waals surface area contributed by atoms with Gasteiger partial charge in [-0.05, 0) is 30.0 Å². The molecule has 4 nitrogen and oxygen atoms in total. The van der Waals surface area contributed by atoms with Crippen molar-refractivity contribution in [1.82, 2.24) is 0 Å². The van der Waals surface area contributed by atoms with E-state index in [0.29, 0.717) is 15.7 Å². The fraction of sp³-hybridized carbons (Fsp3) is 0.200. The molecule has 2 aromatic rings. The van der Waals surface area contributed by atoms with E-state index in [4.69, 9.17) is 27.9 Å². The van der Waals surface area contributed by atoms with Gasteiger partial charge in [-0.3, -0.25) is 9.59 Å². The number of carbonyl (C=O) groups excluding carboxylic acids is 2. The zero-order valence-corrected chi connectivity index (χ0v) is 14.0. The average molecular weight is 358 g/mol. The summed E-state index contributed by atoms with van der Waals surface area (Å²) in [5.41, 5.74) is 1.11. The molecule has 1 N–H and O–H groups in total. The molecule has 0 radical (unpaired) electrons. The molecular formula is C15H13Cl2NO3S. The van der Waals surface area contributed by atoms with Gasteiger partial charge in [-0.25, -0.2) is 0 Å². The Bertz CT molecular complexity index is 686. The lowest BCUT2D eigenvalue weighted by molar-refractivity contribution is -0.146. The van der Waals surface area contributed by atoms with Crippen molar-refractivity contribution >= 4 is 52.1 Å². The molecule has 0 atom stereocenters. The fourth-order valence-electron chi connectivity index (χ4n) is 1.70. The van der Waals surface area contributed by atoms with E-state index in [-0.39, 0.29) is 13.0 Å². The molecule has 1 aromatic heterocycles. The van der Waals surface area contributed by atoms with Crippen LogP contribution in [0.2, 0.25) is 10.0 Å². The van der Waals surface area contributed by atoms with Crippen molar-refractivity contribution in [1.29, 1.82) is 0 Å². The molecule has 0 unspecified atom stereocenters. The Hall–Kier alpha value is -1.56. The van der Waals surface area contributed by atoms with E-state index in [2.05, 4.69) is 5.32 Å². The summed E-state index contributed by atoms with van der Waals surface area (Å²) in [7, 11) is 0. The normalized spacial score (nSPS) is 10.3. The molecule has 1 aromatic carbocycles. The standard InChI is InChI=1S/C15H13Cl2NO3S/c1-9-4-5-11(16)15(14(9)17)18-12(19)8-21-13(20)7-10-3-2-6-22-10/h2-6H,7-8H2,1H3,(H,18,19). The second-order valence-corrected chi connectivity index (χ2v) is 6.34. The molecule has 116 valence electrons. The van der Waals surface area contributed by atoms with Crippen LogP contribution in [0.3, 0.4) is 0 Å². The maximum Gasteiger partial charge on any atom is 0.311 e. The van der Waals surface area contributed by atoms with Crippen LogP contribution < -0.4 is 5.32 Å². The molecule has 0 aliphatic rings. The van der Waals surface area contributed by atoms with E-state index in [1.54, 1.807) is 19.1 Å². The fourth-order valence-corrected chi connectivity index (χ4v) is 2.85. The molecule has 0 bridgehead atoms. The van der Waals surface area contributed by atoms with Crippen molar-refractivity contribution in [2.75, 3.05) is 11.9 Å². The number of amides is 1. The van der Waals surface area contributed by atoms with Crippen molar-refractivity contribution in [3.05, 3.63) is 50.1 Å². The molecule has 0 saturated heterocycles. The number of nitrogens with one attached hydrogen (secondary N) is 1. The zero-order chi connectivity index (χ0) is 16.1. The highest BCUT2D eigenvalue weighted by Crippen LogP contribution is 2.32. The van der Waals surface area contributed by atoms with Gasteiger partial charge < -0.3 is 10.1 Å². The average Bonchev–Trinajstić information content (AvgIpc) is 2.98. The van der Waals surface area contributed by atoms with E-state index in [9.17, 15) is 9.59 Å². The summed E-state index contributed by atoms with van der Waals surface area (Å²) in [6.07, 6.45) is 0.150. The molecule has 0 saturated carbocycles. The van der Waals surface area contributed by atoms with Gasteiger partial charge in [-0.2, -0.15) is 0 Å². The Labute approximate surface area is 142 Å². The van der Waals surface area contributed by atoms with Crippen LogP contribution in [-0.2, 0) is 20.7 Å². The van der Waals surface area contributed by atoms with Crippen LogP contribution in [0, 0.1) is 6.92 Å². The van der Waals surface area contributed by atoms with Crippen molar-refractivity contribution in [2.24, 2.45) is 0 Å². The minimum absolute atomic E-state index is 0.150. The third kappa shape index (κ3) is 4.47. The SMILES string of the molecule is Cc1ccc(Cl)c(NC(=O)COC(=O)Cc2cccs2)c1Cl. The third-order valence-corrected chi connectivity index (χ3v) is 4.49. The number of esters is 1. The van der Waals surface area contributed by atoms with Crippen molar-refractivity contribution in [3.63, 3.8) is 0 Å². The monoisotopic (exact) mass is 357 g/mol. The lowest BCUT2D eigenvalue weighted by Gasteiger charge is -2.11. The van der Waals surface area contributed by atoms with Crippen LogP contribution in [0.25, 0.3) is 0 Å². The Balaban J connectivity index is 1.88. The maximum atomic E-state index is 11.8.